The Morgan fingerprint density at radius 2 is 1.59 bits per heavy atom. The molecule has 27 heavy (non-hydrogen) atoms. The molecule has 3 aromatic carbocycles. The number of imidazole rings is 1. The van der Waals surface area contributed by atoms with Crippen molar-refractivity contribution in [3.05, 3.63) is 83.9 Å². The van der Waals surface area contributed by atoms with E-state index >= 15 is 0 Å². The Morgan fingerprint density at radius 3 is 2.33 bits per heavy atom. The molecular weight excluding hydrogens is 366 g/mol. The summed E-state index contributed by atoms with van der Waals surface area (Å²) in [4.78, 5) is 19.5. The summed E-state index contributed by atoms with van der Waals surface area (Å²) >= 11 is 1.20. The highest BCUT2D eigenvalue weighted by Gasteiger charge is 2.12. The van der Waals surface area contributed by atoms with Crippen molar-refractivity contribution in [3.63, 3.8) is 0 Å². The second-order valence-electron chi connectivity index (χ2n) is 5.98. The largest absolute Gasteiger partial charge is 0.333 e. The zero-order valence-electron chi connectivity index (χ0n) is 14.1. The number of nitrogens with zero attached hydrogens (tertiary/aromatic N) is 1. The molecule has 4 aromatic rings. The van der Waals surface area contributed by atoms with Crippen LogP contribution in [-0.2, 0) is 0 Å². The van der Waals surface area contributed by atoms with Gasteiger partial charge in [0.25, 0.3) is 0 Å². The highest BCUT2D eigenvalue weighted by molar-refractivity contribution is 7.99. The molecule has 3 nitrogen and oxygen atoms in total. The van der Waals surface area contributed by atoms with Crippen LogP contribution in [0.2, 0.25) is 0 Å². The van der Waals surface area contributed by atoms with Gasteiger partial charge in [-0.3, -0.25) is 4.79 Å². The minimum Gasteiger partial charge on any atom is -0.333 e. The molecule has 1 aromatic heterocycles. The summed E-state index contributed by atoms with van der Waals surface area (Å²) < 4.78 is 26.5. The minimum absolute atomic E-state index is 0.0440. The van der Waals surface area contributed by atoms with E-state index < -0.39 is 11.6 Å². The number of thioether (sulfide) groups is 1. The molecular formula is C21H14F2N2OS. The van der Waals surface area contributed by atoms with Gasteiger partial charge in [-0.15, -0.1) is 0 Å². The second-order valence-corrected chi connectivity index (χ2v) is 6.94. The highest BCUT2D eigenvalue weighted by atomic mass is 32.2. The molecule has 0 radical (unpaired) electrons. The van der Waals surface area contributed by atoms with Crippen LogP contribution in [0.1, 0.15) is 10.4 Å². The van der Waals surface area contributed by atoms with Gasteiger partial charge in [0, 0.05) is 17.7 Å². The number of aromatic amines is 1. The molecule has 0 aliphatic heterocycles. The molecule has 0 unspecified atom stereocenters. The topological polar surface area (TPSA) is 45.8 Å². The molecule has 0 aliphatic rings. The zero-order valence-corrected chi connectivity index (χ0v) is 14.9. The number of ketones is 1. The van der Waals surface area contributed by atoms with Crippen LogP contribution >= 0.6 is 11.8 Å². The molecule has 1 N–H and O–H groups in total. The Bertz CT molecular complexity index is 1070. The lowest BCUT2D eigenvalue weighted by Crippen LogP contribution is -2.02. The molecule has 0 aliphatic carbocycles. The van der Waals surface area contributed by atoms with Gasteiger partial charge >= 0.3 is 0 Å². The predicted molar refractivity (Wildman–Crippen MR) is 103 cm³/mol. The number of halogens is 2. The maximum absolute atomic E-state index is 13.3. The van der Waals surface area contributed by atoms with Crippen molar-refractivity contribution in [2.45, 2.75) is 5.16 Å². The summed E-state index contributed by atoms with van der Waals surface area (Å²) in [5.41, 5.74) is 3.47. The van der Waals surface area contributed by atoms with Crippen molar-refractivity contribution in [3.8, 4) is 11.1 Å². The monoisotopic (exact) mass is 380 g/mol. The van der Waals surface area contributed by atoms with Crippen LogP contribution in [-0.4, -0.2) is 21.5 Å². The molecule has 6 heteroatoms. The number of fused-ring (bicyclic) bond motifs is 1. The molecule has 0 atom stereocenters. The van der Waals surface area contributed by atoms with E-state index in [1.165, 1.54) is 11.8 Å². The molecule has 0 bridgehead atoms. The Kier molecular flexibility index (Phi) is 4.73. The van der Waals surface area contributed by atoms with Crippen LogP contribution in [0.15, 0.2) is 71.9 Å². The molecule has 1 heterocycles. The van der Waals surface area contributed by atoms with E-state index in [0.717, 1.165) is 23.3 Å². The first-order valence-corrected chi connectivity index (χ1v) is 9.25. The number of Topliss-reactive ketones (excluding diaryl/α,β-unsaturated/α-hetero) is 1. The van der Waals surface area contributed by atoms with Gasteiger partial charge in [-0.05, 0) is 11.1 Å². The van der Waals surface area contributed by atoms with Gasteiger partial charge in [-0.1, -0.05) is 66.4 Å². The van der Waals surface area contributed by atoms with Crippen LogP contribution in [0, 0.1) is 11.6 Å². The van der Waals surface area contributed by atoms with Gasteiger partial charge in [0.2, 0.25) is 0 Å². The third-order valence-corrected chi connectivity index (χ3v) is 5.03. The number of rotatable bonds is 5. The smallest absolute Gasteiger partial charge is 0.173 e. The summed E-state index contributed by atoms with van der Waals surface area (Å²) in [5, 5.41) is 0.448. The first kappa shape index (κ1) is 17.4. The molecule has 0 saturated carbocycles. The molecule has 0 fully saturated rings. The highest BCUT2D eigenvalue weighted by Crippen LogP contribution is 2.23. The zero-order chi connectivity index (χ0) is 18.8. The van der Waals surface area contributed by atoms with Crippen LogP contribution < -0.4 is 0 Å². The number of carbonyl (C=O) groups is 1. The quantitative estimate of drug-likeness (QED) is 0.368. The molecule has 0 spiro atoms. The number of H-pyrrole nitrogens is 1. The fourth-order valence-electron chi connectivity index (χ4n) is 2.75. The fourth-order valence-corrected chi connectivity index (χ4v) is 3.53. The van der Waals surface area contributed by atoms with Crippen molar-refractivity contribution >= 4 is 28.6 Å². The van der Waals surface area contributed by atoms with Gasteiger partial charge in [0.1, 0.15) is 0 Å². The number of carbonyl (C=O) groups excluding carboxylic acids is 1. The normalized spacial score (nSPS) is 11.0. The van der Waals surface area contributed by atoms with Gasteiger partial charge < -0.3 is 4.98 Å². The van der Waals surface area contributed by atoms with Crippen molar-refractivity contribution < 1.29 is 13.6 Å². The standard InChI is InChI=1S/C21H14F2N2OS/c22-16-10-18-19(11-17(16)23)25-21(24-18)27-12-20(26)15-8-6-14(7-9-15)13-4-2-1-3-5-13/h1-11H,12H2,(H,24,25). The van der Waals surface area contributed by atoms with Crippen LogP contribution in [0.25, 0.3) is 22.2 Å². The van der Waals surface area contributed by atoms with E-state index in [4.69, 9.17) is 0 Å². The van der Waals surface area contributed by atoms with Gasteiger partial charge in [0.15, 0.2) is 22.6 Å². The Labute approximate surface area is 158 Å². The summed E-state index contributed by atoms with van der Waals surface area (Å²) in [6.07, 6.45) is 0. The summed E-state index contributed by atoms with van der Waals surface area (Å²) in [6.45, 7) is 0. The minimum atomic E-state index is -0.944. The molecule has 4 rings (SSSR count). The van der Waals surface area contributed by atoms with Crippen molar-refractivity contribution in [1.82, 2.24) is 9.97 Å². The Hall–Kier alpha value is -2.99. The van der Waals surface area contributed by atoms with Crippen molar-refractivity contribution in [2.75, 3.05) is 5.75 Å². The number of benzene rings is 3. The van der Waals surface area contributed by atoms with Crippen LogP contribution in [0.4, 0.5) is 8.78 Å². The average molecular weight is 380 g/mol. The van der Waals surface area contributed by atoms with Crippen LogP contribution in [0.5, 0.6) is 0 Å². The number of aromatic nitrogens is 2. The lowest BCUT2D eigenvalue weighted by Gasteiger charge is -2.03. The maximum atomic E-state index is 13.3. The van der Waals surface area contributed by atoms with Gasteiger partial charge in [-0.25, -0.2) is 13.8 Å². The van der Waals surface area contributed by atoms with E-state index in [9.17, 15) is 13.6 Å². The number of hydrogen-bond donors (Lipinski definition) is 1. The second kappa shape index (κ2) is 7.32. The summed E-state index contributed by atoms with van der Waals surface area (Å²) in [5.74, 6) is -1.75. The number of hydrogen-bond acceptors (Lipinski definition) is 3. The lowest BCUT2D eigenvalue weighted by molar-refractivity contribution is 0.102. The molecule has 0 saturated heterocycles. The Balaban J connectivity index is 1.45. The van der Waals surface area contributed by atoms with Gasteiger partial charge in [-0.2, -0.15) is 0 Å². The lowest BCUT2D eigenvalue weighted by atomic mass is 10.0. The van der Waals surface area contributed by atoms with Crippen LogP contribution in [0.3, 0.4) is 0 Å². The number of nitrogens with one attached hydrogen (secondary N) is 1. The van der Waals surface area contributed by atoms with E-state index in [-0.39, 0.29) is 11.5 Å². The van der Waals surface area contributed by atoms with Crippen molar-refractivity contribution in [2.24, 2.45) is 0 Å². The van der Waals surface area contributed by atoms with Gasteiger partial charge in [0.05, 0.1) is 16.8 Å². The Morgan fingerprint density at radius 1 is 0.926 bits per heavy atom. The molecule has 134 valence electrons. The average Bonchev–Trinajstić information content (AvgIpc) is 3.09. The van der Waals surface area contributed by atoms with Crippen molar-refractivity contribution in [1.29, 1.82) is 0 Å². The molecule has 0 amide bonds. The van der Waals surface area contributed by atoms with E-state index in [0.29, 0.717) is 21.8 Å². The van der Waals surface area contributed by atoms with E-state index in [2.05, 4.69) is 9.97 Å². The third kappa shape index (κ3) is 3.75. The van der Waals surface area contributed by atoms with E-state index in [1.807, 2.05) is 42.5 Å². The summed E-state index contributed by atoms with van der Waals surface area (Å²) in [6, 6.07) is 19.5. The summed E-state index contributed by atoms with van der Waals surface area (Å²) in [7, 11) is 0. The third-order valence-electron chi connectivity index (χ3n) is 4.16. The maximum Gasteiger partial charge on any atom is 0.173 e. The first-order chi connectivity index (χ1) is 13.1. The predicted octanol–water partition coefficient (Wildman–Crippen LogP) is 5.48. The SMILES string of the molecule is O=C(CSc1nc2cc(F)c(F)cc2[nH]1)c1ccc(-c2ccccc2)cc1. The fraction of sp³-hybridized carbons (Fsp3) is 0.0476. The van der Waals surface area contributed by atoms with E-state index in [1.54, 1.807) is 12.1 Å². The first-order valence-electron chi connectivity index (χ1n) is 8.26.